The first-order valence-electron chi connectivity index (χ1n) is 10.2. The normalized spacial score (nSPS) is 11.2. The summed E-state index contributed by atoms with van der Waals surface area (Å²) in [6.07, 6.45) is 1.69. The molecule has 35 heavy (non-hydrogen) atoms. The lowest BCUT2D eigenvalue weighted by molar-refractivity contribution is -0.118. The second-order valence-corrected chi connectivity index (χ2v) is 8.94. The number of halogens is 3. The van der Waals surface area contributed by atoms with Gasteiger partial charge >= 0.3 is 0 Å². The largest absolute Gasteiger partial charge is 0.493 e. The van der Waals surface area contributed by atoms with Crippen LogP contribution in [0.3, 0.4) is 0 Å². The summed E-state index contributed by atoms with van der Waals surface area (Å²) in [6.45, 7) is -0.271. The number of nitrogens with one attached hydrogen (secondary N) is 2. The minimum atomic E-state index is -0.391. The molecule has 1 aromatic heterocycles. The molecule has 0 unspecified atom stereocenters. The Hall–Kier alpha value is -3.51. The van der Waals surface area contributed by atoms with Crippen molar-refractivity contribution in [1.82, 2.24) is 9.97 Å². The predicted octanol–water partition coefficient (Wildman–Crippen LogP) is 6.72. The van der Waals surface area contributed by atoms with Crippen LogP contribution in [0, 0.1) is 11.3 Å². The first-order valence-corrected chi connectivity index (χ1v) is 11.7. The van der Waals surface area contributed by atoms with Crippen molar-refractivity contribution >= 4 is 73.4 Å². The summed E-state index contributed by atoms with van der Waals surface area (Å²) in [5.74, 6) is 0.798. The minimum absolute atomic E-state index is 0.271. The fourth-order valence-corrected chi connectivity index (χ4v) is 4.14. The number of para-hydroxylation sites is 2. The number of benzene rings is 3. The fraction of sp³-hybridized carbons (Fsp3) is 0.0800. The van der Waals surface area contributed by atoms with Crippen molar-refractivity contribution in [2.45, 2.75) is 0 Å². The van der Waals surface area contributed by atoms with Crippen LogP contribution in [-0.4, -0.2) is 29.6 Å². The highest BCUT2D eigenvalue weighted by Crippen LogP contribution is 2.37. The zero-order valence-electron chi connectivity index (χ0n) is 18.2. The van der Waals surface area contributed by atoms with E-state index < -0.39 is 5.91 Å². The summed E-state index contributed by atoms with van der Waals surface area (Å²) in [5.41, 5.74) is 3.13. The van der Waals surface area contributed by atoms with Gasteiger partial charge in [0.25, 0.3) is 5.91 Å². The lowest BCUT2D eigenvalue weighted by Crippen LogP contribution is -2.20. The van der Waals surface area contributed by atoms with Gasteiger partial charge in [-0.15, -0.1) is 0 Å². The van der Waals surface area contributed by atoms with Crippen LogP contribution in [-0.2, 0) is 4.79 Å². The number of imidazole rings is 1. The number of nitrogens with zero attached hydrogens (tertiary/aromatic N) is 2. The second kappa shape index (κ2) is 10.8. The van der Waals surface area contributed by atoms with Gasteiger partial charge in [0.1, 0.15) is 11.9 Å². The fourth-order valence-electron chi connectivity index (χ4n) is 3.27. The van der Waals surface area contributed by atoms with E-state index in [1.807, 2.05) is 24.3 Å². The number of hydrogen-bond donors (Lipinski definition) is 2. The first kappa shape index (κ1) is 24.6. The number of aromatic amines is 1. The molecule has 0 fully saturated rings. The van der Waals surface area contributed by atoms with Gasteiger partial charge < -0.3 is 19.8 Å². The molecule has 0 spiro atoms. The smallest absolute Gasteiger partial charge is 0.262 e. The van der Waals surface area contributed by atoms with E-state index in [-0.39, 0.29) is 6.61 Å². The van der Waals surface area contributed by atoms with E-state index in [0.29, 0.717) is 48.7 Å². The number of nitriles is 1. The van der Waals surface area contributed by atoms with E-state index in [4.69, 9.17) is 32.7 Å². The lowest BCUT2D eigenvalue weighted by Gasteiger charge is -2.14. The molecule has 0 atom stereocenters. The van der Waals surface area contributed by atoms with Gasteiger partial charge in [0.05, 0.1) is 38.2 Å². The van der Waals surface area contributed by atoms with Crippen molar-refractivity contribution in [3.63, 3.8) is 0 Å². The molecule has 4 rings (SSSR count). The number of fused-ring (bicyclic) bond motifs is 1. The summed E-state index contributed by atoms with van der Waals surface area (Å²) < 4.78 is 11.7. The molecular weight excluding hydrogens is 555 g/mol. The highest BCUT2D eigenvalue weighted by atomic mass is 79.9. The number of amides is 1. The van der Waals surface area contributed by atoms with Crippen LogP contribution in [0.4, 0.5) is 5.69 Å². The Balaban J connectivity index is 1.52. The highest BCUT2D eigenvalue weighted by molar-refractivity contribution is 9.10. The number of allylic oxidation sites excluding steroid dienone is 1. The molecule has 0 saturated heterocycles. The molecule has 0 saturated carbocycles. The molecule has 0 aliphatic heterocycles. The average molecular weight is 572 g/mol. The number of rotatable bonds is 7. The van der Waals surface area contributed by atoms with Gasteiger partial charge in [0.2, 0.25) is 0 Å². The summed E-state index contributed by atoms with van der Waals surface area (Å²) in [5, 5.41) is 13.1. The maximum absolute atomic E-state index is 12.4. The Labute approximate surface area is 219 Å². The molecule has 0 radical (unpaired) electrons. The number of methoxy groups -OCH3 is 1. The zero-order valence-corrected chi connectivity index (χ0v) is 21.3. The molecule has 1 amide bonds. The minimum Gasteiger partial charge on any atom is -0.493 e. The summed E-state index contributed by atoms with van der Waals surface area (Å²) in [4.78, 5) is 20.0. The van der Waals surface area contributed by atoms with Crippen molar-refractivity contribution in [1.29, 1.82) is 5.26 Å². The predicted molar refractivity (Wildman–Crippen MR) is 141 cm³/mol. The van der Waals surface area contributed by atoms with Crippen molar-refractivity contribution in [3.05, 3.63) is 80.5 Å². The van der Waals surface area contributed by atoms with Crippen molar-refractivity contribution < 1.29 is 14.3 Å². The van der Waals surface area contributed by atoms with Gasteiger partial charge in [-0.25, -0.2) is 4.98 Å². The quantitative estimate of drug-likeness (QED) is 0.240. The number of anilines is 1. The van der Waals surface area contributed by atoms with E-state index in [1.54, 1.807) is 36.4 Å². The lowest BCUT2D eigenvalue weighted by atomic mass is 10.1. The average Bonchev–Trinajstić information content (AvgIpc) is 3.28. The molecular formula is C25H17BrCl2N4O3. The number of ether oxygens (including phenoxy) is 2. The molecule has 4 aromatic rings. The third-order valence-electron chi connectivity index (χ3n) is 4.88. The molecule has 7 nitrogen and oxygen atoms in total. The molecule has 2 N–H and O–H groups in total. The van der Waals surface area contributed by atoms with Gasteiger partial charge in [0.15, 0.2) is 18.1 Å². The Bertz CT molecular complexity index is 1460. The highest BCUT2D eigenvalue weighted by Gasteiger charge is 2.15. The Morgan fingerprint density at radius 3 is 2.71 bits per heavy atom. The van der Waals surface area contributed by atoms with Crippen LogP contribution >= 0.6 is 39.1 Å². The number of carbonyl (C=O) groups excluding carboxylic acids is 1. The maximum Gasteiger partial charge on any atom is 0.262 e. The molecule has 0 bridgehead atoms. The van der Waals surface area contributed by atoms with Crippen LogP contribution in [0.5, 0.6) is 11.5 Å². The van der Waals surface area contributed by atoms with Gasteiger partial charge in [0, 0.05) is 5.69 Å². The standard InChI is InChI=1S/C25H17BrCl2N4O3/c1-34-22-10-14(8-15(12-29)25-31-20-4-2-3-5-21(20)32-25)9-17(26)24(22)35-13-23(33)30-16-6-7-18(27)19(28)11-16/h2-11H,13H2,1H3,(H,30,33)(H,31,32)/b15-8+. The Kier molecular flexibility index (Phi) is 7.61. The molecule has 3 aromatic carbocycles. The molecule has 0 aliphatic carbocycles. The summed E-state index contributed by atoms with van der Waals surface area (Å²) >= 11 is 15.3. The van der Waals surface area contributed by atoms with Gasteiger partial charge in [-0.05, 0) is 70.0 Å². The Morgan fingerprint density at radius 1 is 1.20 bits per heavy atom. The topological polar surface area (TPSA) is 100 Å². The molecule has 1 heterocycles. The number of carbonyl (C=O) groups is 1. The number of H-pyrrole nitrogens is 1. The maximum atomic E-state index is 12.4. The second-order valence-electron chi connectivity index (χ2n) is 7.27. The van der Waals surface area contributed by atoms with E-state index >= 15 is 0 Å². The van der Waals surface area contributed by atoms with Crippen LogP contribution < -0.4 is 14.8 Å². The Morgan fingerprint density at radius 2 is 2.00 bits per heavy atom. The van der Waals surface area contributed by atoms with E-state index in [1.165, 1.54) is 7.11 Å². The van der Waals surface area contributed by atoms with Crippen molar-refractivity contribution in [2.75, 3.05) is 19.0 Å². The van der Waals surface area contributed by atoms with E-state index in [2.05, 4.69) is 37.3 Å². The third-order valence-corrected chi connectivity index (χ3v) is 6.21. The summed E-state index contributed by atoms with van der Waals surface area (Å²) in [7, 11) is 1.49. The van der Waals surface area contributed by atoms with Crippen molar-refractivity contribution in [2.24, 2.45) is 0 Å². The van der Waals surface area contributed by atoms with Gasteiger partial charge in [-0.1, -0.05) is 35.3 Å². The van der Waals surface area contributed by atoms with E-state index in [9.17, 15) is 10.1 Å². The monoisotopic (exact) mass is 570 g/mol. The molecule has 0 aliphatic rings. The van der Waals surface area contributed by atoms with Crippen LogP contribution in [0.15, 0.2) is 59.1 Å². The molecule has 176 valence electrons. The van der Waals surface area contributed by atoms with Crippen LogP contribution in [0.1, 0.15) is 11.4 Å². The van der Waals surface area contributed by atoms with Crippen LogP contribution in [0.25, 0.3) is 22.7 Å². The number of aromatic nitrogens is 2. The molecule has 10 heteroatoms. The van der Waals surface area contributed by atoms with Crippen LogP contribution in [0.2, 0.25) is 10.0 Å². The van der Waals surface area contributed by atoms with Crippen molar-refractivity contribution in [3.8, 4) is 17.6 Å². The summed E-state index contributed by atoms with van der Waals surface area (Å²) in [6, 6.07) is 18.0. The zero-order chi connectivity index (χ0) is 24.9. The number of hydrogen-bond acceptors (Lipinski definition) is 5. The van der Waals surface area contributed by atoms with E-state index in [0.717, 1.165) is 11.0 Å². The SMILES string of the molecule is COc1cc(/C=C(\C#N)c2nc3ccccc3[nH]2)cc(Br)c1OCC(=O)Nc1ccc(Cl)c(Cl)c1. The van der Waals surface area contributed by atoms with Gasteiger partial charge in [-0.2, -0.15) is 5.26 Å². The van der Waals surface area contributed by atoms with Gasteiger partial charge in [-0.3, -0.25) is 4.79 Å². The third kappa shape index (κ3) is 5.77. The first-order chi connectivity index (χ1) is 16.9.